The van der Waals surface area contributed by atoms with Gasteiger partial charge in [-0.3, -0.25) is 4.79 Å². The standard InChI is InChI=1S/C19H20FN5OS/c1-11-4-7-14(8-5-11)17-23-24-19(25(17)21)27-13(3)18(26)22-15-9-6-12(2)16(20)10-15/h4-10,13H,21H2,1-3H3,(H,22,26)/t13-/m0/s1. The Morgan fingerprint density at radius 2 is 1.89 bits per heavy atom. The number of nitrogens with zero attached hydrogens (tertiary/aromatic N) is 3. The molecular weight excluding hydrogens is 365 g/mol. The van der Waals surface area contributed by atoms with Crippen molar-refractivity contribution >= 4 is 23.4 Å². The molecule has 140 valence electrons. The minimum absolute atomic E-state index is 0.275. The minimum Gasteiger partial charge on any atom is -0.335 e. The molecule has 0 aliphatic rings. The van der Waals surface area contributed by atoms with Crippen molar-refractivity contribution < 1.29 is 9.18 Å². The van der Waals surface area contributed by atoms with E-state index in [1.54, 1.807) is 26.0 Å². The normalized spacial score (nSPS) is 12.0. The number of carbonyl (C=O) groups excluding carboxylic acids is 1. The number of rotatable bonds is 5. The number of aryl methyl sites for hydroxylation is 2. The number of nitrogens with two attached hydrogens (primary N) is 1. The summed E-state index contributed by atoms with van der Waals surface area (Å²) in [4.78, 5) is 12.4. The largest absolute Gasteiger partial charge is 0.335 e. The van der Waals surface area contributed by atoms with E-state index >= 15 is 0 Å². The summed E-state index contributed by atoms with van der Waals surface area (Å²) in [5, 5.41) is 10.8. The highest BCUT2D eigenvalue weighted by Gasteiger charge is 2.20. The van der Waals surface area contributed by atoms with E-state index in [1.807, 2.05) is 31.2 Å². The number of carbonyl (C=O) groups is 1. The molecule has 6 nitrogen and oxygen atoms in total. The predicted molar refractivity (Wildman–Crippen MR) is 105 cm³/mol. The lowest BCUT2D eigenvalue weighted by Gasteiger charge is -2.12. The SMILES string of the molecule is Cc1ccc(-c2nnc(S[C@@H](C)C(=O)Nc3ccc(C)c(F)c3)n2N)cc1. The Morgan fingerprint density at radius 1 is 1.19 bits per heavy atom. The maximum Gasteiger partial charge on any atom is 0.237 e. The number of aromatic nitrogens is 3. The predicted octanol–water partition coefficient (Wildman–Crippen LogP) is 3.53. The van der Waals surface area contributed by atoms with Crippen molar-refractivity contribution in [2.24, 2.45) is 0 Å². The van der Waals surface area contributed by atoms with Crippen LogP contribution in [0.5, 0.6) is 0 Å². The van der Waals surface area contributed by atoms with Crippen molar-refractivity contribution in [3.63, 3.8) is 0 Å². The molecule has 0 radical (unpaired) electrons. The molecule has 3 N–H and O–H groups in total. The van der Waals surface area contributed by atoms with Crippen LogP contribution in [0.2, 0.25) is 0 Å². The Bertz CT molecular complexity index is 971. The lowest BCUT2D eigenvalue weighted by Crippen LogP contribution is -2.23. The third-order valence-electron chi connectivity index (χ3n) is 4.07. The van der Waals surface area contributed by atoms with Gasteiger partial charge in [0.25, 0.3) is 0 Å². The first-order valence-corrected chi connectivity index (χ1v) is 9.24. The summed E-state index contributed by atoms with van der Waals surface area (Å²) in [7, 11) is 0. The Morgan fingerprint density at radius 3 is 2.56 bits per heavy atom. The van der Waals surface area contributed by atoms with Crippen molar-refractivity contribution in [2.75, 3.05) is 11.2 Å². The number of halogens is 1. The molecule has 3 rings (SSSR count). The summed E-state index contributed by atoms with van der Waals surface area (Å²) in [6, 6.07) is 12.3. The number of nitrogens with one attached hydrogen (secondary N) is 1. The molecule has 2 aromatic carbocycles. The molecule has 8 heteroatoms. The number of nitrogen functional groups attached to an aromatic ring is 1. The van der Waals surface area contributed by atoms with Gasteiger partial charge in [0.2, 0.25) is 11.1 Å². The molecule has 27 heavy (non-hydrogen) atoms. The van der Waals surface area contributed by atoms with Gasteiger partial charge in [-0.2, -0.15) is 0 Å². The molecule has 0 saturated carbocycles. The molecule has 3 aromatic rings. The van der Waals surface area contributed by atoms with E-state index in [9.17, 15) is 9.18 Å². The van der Waals surface area contributed by atoms with Crippen LogP contribution < -0.4 is 11.2 Å². The molecule has 1 heterocycles. The zero-order chi connectivity index (χ0) is 19.6. The van der Waals surface area contributed by atoms with Gasteiger partial charge in [-0.05, 0) is 38.5 Å². The van der Waals surface area contributed by atoms with Crippen molar-refractivity contribution in [3.8, 4) is 11.4 Å². The summed E-state index contributed by atoms with van der Waals surface area (Å²) in [6.45, 7) is 5.39. The summed E-state index contributed by atoms with van der Waals surface area (Å²) in [5.41, 5.74) is 2.91. The van der Waals surface area contributed by atoms with Gasteiger partial charge < -0.3 is 11.2 Å². The lowest BCUT2D eigenvalue weighted by molar-refractivity contribution is -0.115. The maximum atomic E-state index is 13.6. The van der Waals surface area contributed by atoms with E-state index < -0.39 is 5.25 Å². The van der Waals surface area contributed by atoms with Gasteiger partial charge in [0.15, 0.2) is 5.82 Å². The van der Waals surface area contributed by atoms with Crippen LogP contribution >= 0.6 is 11.8 Å². The van der Waals surface area contributed by atoms with Crippen LogP contribution in [-0.2, 0) is 4.79 Å². The molecule has 0 fully saturated rings. The lowest BCUT2D eigenvalue weighted by atomic mass is 10.1. The first-order chi connectivity index (χ1) is 12.8. The van der Waals surface area contributed by atoms with Crippen LogP contribution in [0.3, 0.4) is 0 Å². The molecule has 1 amide bonds. The summed E-state index contributed by atoms with van der Waals surface area (Å²) < 4.78 is 15.0. The van der Waals surface area contributed by atoms with E-state index in [-0.39, 0.29) is 11.7 Å². The number of amides is 1. The molecule has 0 aliphatic heterocycles. The highest BCUT2D eigenvalue weighted by atomic mass is 32.2. The smallest absolute Gasteiger partial charge is 0.237 e. The quantitative estimate of drug-likeness (QED) is 0.518. The van der Waals surface area contributed by atoms with Crippen molar-refractivity contribution in [3.05, 3.63) is 59.4 Å². The highest BCUT2D eigenvalue weighted by Crippen LogP contribution is 2.26. The summed E-state index contributed by atoms with van der Waals surface area (Å²) in [6.07, 6.45) is 0. The minimum atomic E-state index is -0.494. The van der Waals surface area contributed by atoms with Gasteiger partial charge in [0.05, 0.1) is 5.25 Å². The van der Waals surface area contributed by atoms with Crippen LogP contribution in [0, 0.1) is 19.7 Å². The van der Waals surface area contributed by atoms with E-state index in [0.717, 1.165) is 11.1 Å². The first kappa shape index (κ1) is 18.9. The van der Waals surface area contributed by atoms with Crippen LogP contribution in [-0.4, -0.2) is 26.0 Å². The molecule has 1 aromatic heterocycles. The molecule has 0 unspecified atom stereocenters. The third kappa shape index (κ3) is 4.28. The Kier molecular flexibility index (Phi) is 5.46. The van der Waals surface area contributed by atoms with Gasteiger partial charge >= 0.3 is 0 Å². The van der Waals surface area contributed by atoms with Gasteiger partial charge in [0, 0.05) is 11.3 Å². The number of thioether (sulfide) groups is 1. The van der Waals surface area contributed by atoms with Gasteiger partial charge in [-0.15, -0.1) is 10.2 Å². The zero-order valence-electron chi connectivity index (χ0n) is 15.2. The van der Waals surface area contributed by atoms with Crippen LogP contribution in [0.1, 0.15) is 18.1 Å². The van der Waals surface area contributed by atoms with E-state index in [2.05, 4.69) is 15.5 Å². The number of hydrogen-bond acceptors (Lipinski definition) is 5. The Hall–Kier alpha value is -2.87. The number of hydrogen-bond donors (Lipinski definition) is 2. The van der Waals surface area contributed by atoms with E-state index in [4.69, 9.17) is 5.84 Å². The second-order valence-corrected chi connectivity index (χ2v) is 7.56. The van der Waals surface area contributed by atoms with Crippen LogP contribution in [0.25, 0.3) is 11.4 Å². The van der Waals surface area contributed by atoms with Gasteiger partial charge in [0.1, 0.15) is 5.82 Å². The molecule has 0 saturated heterocycles. The third-order valence-corrected chi connectivity index (χ3v) is 5.12. The fourth-order valence-corrected chi connectivity index (χ4v) is 3.15. The van der Waals surface area contributed by atoms with E-state index in [1.165, 1.54) is 22.5 Å². The second-order valence-electron chi connectivity index (χ2n) is 6.26. The maximum absolute atomic E-state index is 13.6. The summed E-state index contributed by atoms with van der Waals surface area (Å²) in [5.74, 6) is 5.98. The fourth-order valence-electron chi connectivity index (χ4n) is 2.38. The summed E-state index contributed by atoms with van der Waals surface area (Å²) >= 11 is 1.18. The molecular formula is C19H20FN5OS. The zero-order valence-corrected chi connectivity index (χ0v) is 16.0. The monoisotopic (exact) mass is 385 g/mol. The number of anilines is 1. The highest BCUT2D eigenvalue weighted by molar-refractivity contribution is 8.00. The molecule has 0 bridgehead atoms. The van der Waals surface area contributed by atoms with Gasteiger partial charge in [-0.25, -0.2) is 9.07 Å². The second kappa shape index (κ2) is 7.79. The Labute approximate surface area is 161 Å². The average Bonchev–Trinajstić information content (AvgIpc) is 2.99. The molecule has 0 aliphatic carbocycles. The van der Waals surface area contributed by atoms with Crippen LogP contribution in [0.15, 0.2) is 47.6 Å². The van der Waals surface area contributed by atoms with Crippen molar-refractivity contribution in [2.45, 2.75) is 31.2 Å². The average molecular weight is 385 g/mol. The first-order valence-electron chi connectivity index (χ1n) is 8.36. The van der Waals surface area contributed by atoms with Crippen LogP contribution in [0.4, 0.5) is 10.1 Å². The Balaban J connectivity index is 1.70. The topological polar surface area (TPSA) is 85.8 Å². The molecule has 1 atom stereocenters. The van der Waals surface area contributed by atoms with E-state index in [0.29, 0.717) is 22.2 Å². The molecule has 0 spiro atoms. The van der Waals surface area contributed by atoms with Crippen molar-refractivity contribution in [1.29, 1.82) is 0 Å². The fraction of sp³-hybridized carbons (Fsp3) is 0.211. The number of benzene rings is 2. The van der Waals surface area contributed by atoms with Crippen molar-refractivity contribution in [1.82, 2.24) is 14.9 Å². The van der Waals surface area contributed by atoms with Gasteiger partial charge in [-0.1, -0.05) is 47.7 Å².